The molecule has 3 aromatic carbocycles. The van der Waals surface area contributed by atoms with E-state index in [9.17, 15) is 13.2 Å². The molecule has 0 unspecified atom stereocenters. The van der Waals surface area contributed by atoms with Crippen molar-refractivity contribution in [2.24, 2.45) is 0 Å². The van der Waals surface area contributed by atoms with Crippen LogP contribution in [0.25, 0.3) is 22.2 Å². The number of aromatic nitrogens is 4. The van der Waals surface area contributed by atoms with Crippen molar-refractivity contribution in [3.8, 4) is 16.9 Å². The number of fused-ring (bicyclic) bond motifs is 2. The summed E-state index contributed by atoms with van der Waals surface area (Å²) in [6.07, 6.45) is -2.41. The van der Waals surface area contributed by atoms with Crippen molar-refractivity contribution < 1.29 is 17.9 Å². The van der Waals surface area contributed by atoms with Crippen LogP contribution in [0.15, 0.2) is 67.0 Å². The zero-order chi connectivity index (χ0) is 27.1. The van der Waals surface area contributed by atoms with E-state index in [2.05, 4.69) is 49.1 Å². The Labute approximate surface area is 223 Å². The van der Waals surface area contributed by atoms with Crippen LogP contribution in [-0.4, -0.2) is 33.1 Å². The van der Waals surface area contributed by atoms with Gasteiger partial charge in [0, 0.05) is 29.8 Å². The Kier molecular flexibility index (Phi) is 6.21. The van der Waals surface area contributed by atoms with Crippen LogP contribution < -0.4 is 9.64 Å². The molecule has 0 spiro atoms. The number of aromatic amines is 1. The Morgan fingerprint density at radius 3 is 2.51 bits per heavy atom. The van der Waals surface area contributed by atoms with Gasteiger partial charge in [-0.05, 0) is 66.9 Å². The van der Waals surface area contributed by atoms with Gasteiger partial charge >= 0.3 is 6.18 Å². The van der Waals surface area contributed by atoms with Crippen molar-refractivity contribution >= 4 is 16.9 Å². The number of ether oxygens (including phenoxy) is 1. The minimum Gasteiger partial charge on any atom is -0.491 e. The highest BCUT2D eigenvalue weighted by molar-refractivity contribution is 5.82. The Morgan fingerprint density at radius 1 is 0.949 bits per heavy atom. The molecule has 0 aliphatic carbocycles. The molecule has 6 rings (SSSR count). The normalized spacial score (nSPS) is 13.7. The lowest BCUT2D eigenvalue weighted by Gasteiger charge is -2.24. The Hall–Kier alpha value is -4.40. The highest BCUT2D eigenvalue weighted by Crippen LogP contribution is 2.34. The number of aryl methyl sites for hydroxylation is 2. The molecule has 0 bridgehead atoms. The fraction of sp³-hybridized carbons (Fsp3) is 0.233. The molecule has 9 heteroatoms. The minimum atomic E-state index is -4.36. The number of alkyl halides is 3. The number of imidazole rings is 1. The van der Waals surface area contributed by atoms with Crippen molar-refractivity contribution in [1.29, 1.82) is 0 Å². The van der Waals surface area contributed by atoms with Gasteiger partial charge in [-0.3, -0.25) is 0 Å². The van der Waals surface area contributed by atoms with Gasteiger partial charge in [0.2, 0.25) is 0 Å². The number of anilines is 1. The molecule has 0 fully saturated rings. The quantitative estimate of drug-likeness (QED) is 0.283. The Balaban J connectivity index is 1.31. The lowest BCUT2D eigenvalue weighted by Crippen LogP contribution is -2.28. The largest absolute Gasteiger partial charge is 0.491 e. The molecule has 1 aliphatic heterocycles. The van der Waals surface area contributed by atoms with Gasteiger partial charge in [0.1, 0.15) is 30.3 Å². The Morgan fingerprint density at radius 2 is 1.72 bits per heavy atom. The molecular weight excluding hydrogens is 503 g/mol. The molecule has 198 valence electrons. The van der Waals surface area contributed by atoms with E-state index in [0.29, 0.717) is 26.1 Å². The van der Waals surface area contributed by atoms with Crippen molar-refractivity contribution in [3.05, 3.63) is 101 Å². The molecule has 0 radical (unpaired) electrons. The fourth-order valence-electron chi connectivity index (χ4n) is 5.05. The van der Waals surface area contributed by atoms with Crippen LogP contribution in [0, 0.1) is 13.8 Å². The van der Waals surface area contributed by atoms with E-state index in [1.165, 1.54) is 18.5 Å². The SMILES string of the molecule is Cc1nc2ccc(-c3ccc4c(c3)CN(c3ncnc(C)c3Cc3ccc(C(F)(F)F)cc3)CCO4)cc2[nH]1. The smallest absolute Gasteiger partial charge is 0.416 e. The topological polar surface area (TPSA) is 66.9 Å². The van der Waals surface area contributed by atoms with Crippen LogP contribution in [0.4, 0.5) is 19.0 Å². The molecule has 6 nitrogen and oxygen atoms in total. The van der Waals surface area contributed by atoms with Crippen LogP contribution in [-0.2, 0) is 19.1 Å². The molecule has 0 atom stereocenters. The summed E-state index contributed by atoms with van der Waals surface area (Å²) >= 11 is 0. The number of hydrogen-bond acceptors (Lipinski definition) is 5. The summed E-state index contributed by atoms with van der Waals surface area (Å²) in [5, 5.41) is 0. The van der Waals surface area contributed by atoms with E-state index in [1.807, 2.05) is 26.0 Å². The minimum absolute atomic E-state index is 0.425. The van der Waals surface area contributed by atoms with Gasteiger partial charge in [-0.1, -0.05) is 24.3 Å². The lowest BCUT2D eigenvalue weighted by atomic mass is 10.0. The van der Waals surface area contributed by atoms with Crippen LogP contribution >= 0.6 is 0 Å². The maximum Gasteiger partial charge on any atom is 0.416 e. The molecule has 39 heavy (non-hydrogen) atoms. The summed E-state index contributed by atoms with van der Waals surface area (Å²) in [4.78, 5) is 18.9. The fourth-order valence-corrected chi connectivity index (χ4v) is 5.05. The van der Waals surface area contributed by atoms with Gasteiger partial charge in [0.25, 0.3) is 0 Å². The molecule has 3 heterocycles. The Bertz CT molecular complexity index is 1660. The van der Waals surface area contributed by atoms with Crippen LogP contribution in [0.2, 0.25) is 0 Å². The number of halogens is 3. The molecule has 0 saturated carbocycles. The van der Waals surface area contributed by atoms with E-state index in [4.69, 9.17) is 4.74 Å². The van der Waals surface area contributed by atoms with E-state index in [-0.39, 0.29) is 0 Å². The number of hydrogen-bond donors (Lipinski definition) is 1. The van der Waals surface area contributed by atoms with E-state index < -0.39 is 11.7 Å². The number of rotatable bonds is 4. The zero-order valence-electron chi connectivity index (χ0n) is 21.5. The van der Waals surface area contributed by atoms with Crippen molar-refractivity contribution in [2.45, 2.75) is 33.0 Å². The third kappa shape index (κ3) is 5.04. The van der Waals surface area contributed by atoms with Crippen LogP contribution in [0.3, 0.4) is 0 Å². The summed E-state index contributed by atoms with van der Waals surface area (Å²) in [5.74, 6) is 2.47. The van der Waals surface area contributed by atoms with Crippen LogP contribution in [0.1, 0.15) is 33.8 Å². The molecule has 0 amide bonds. The summed E-state index contributed by atoms with van der Waals surface area (Å²) in [6, 6.07) is 17.7. The molecule has 1 N–H and O–H groups in total. The zero-order valence-corrected chi connectivity index (χ0v) is 21.5. The van der Waals surface area contributed by atoms with E-state index in [0.717, 1.165) is 74.1 Å². The van der Waals surface area contributed by atoms with E-state index >= 15 is 0 Å². The van der Waals surface area contributed by atoms with Gasteiger partial charge in [0.15, 0.2) is 0 Å². The number of nitrogens with one attached hydrogen (secondary N) is 1. The van der Waals surface area contributed by atoms with Gasteiger partial charge in [-0.15, -0.1) is 0 Å². The van der Waals surface area contributed by atoms with E-state index in [1.54, 1.807) is 0 Å². The van der Waals surface area contributed by atoms with Gasteiger partial charge in [-0.25, -0.2) is 15.0 Å². The summed E-state index contributed by atoms with van der Waals surface area (Å²) in [5.41, 5.74) is 6.87. The second-order valence-electron chi connectivity index (χ2n) is 9.78. The van der Waals surface area contributed by atoms with Crippen molar-refractivity contribution in [2.75, 3.05) is 18.1 Å². The second kappa shape index (κ2) is 9.72. The first kappa shape index (κ1) is 24.9. The maximum atomic E-state index is 13.0. The molecule has 2 aromatic heterocycles. The highest BCUT2D eigenvalue weighted by Gasteiger charge is 2.30. The first-order valence-electron chi connectivity index (χ1n) is 12.7. The average Bonchev–Trinajstić information content (AvgIpc) is 3.15. The number of H-pyrrole nitrogens is 1. The monoisotopic (exact) mass is 529 g/mol. The third-order valence-corrected chi connectivity index (χ3v) is 7.07. The molecular formula is C30H26F3N5O. The standard InChI is InChI=1S/C30H26F3N5O/c1-18-25(13-20-3-7-24(8-4-20)30(31,32)33)29(35-17-34-18)38-11-12-39-28-10-6-21(14-23(28)16-38)22-5-9-26-27(15-22)37-19(2)36-26/h3-10,14-15,17H,11-13,16H2,1-2H3,(H,36,37). The molecule has 1 aliphatic rings. The molecule has 5 aromatic rings. The summed E-state index contributed by atoms with van der Waals surface area (Å²) in [6.45, 7) is 5.51. The predicted molar refractivity (Wildman–Crippen MR) is 144 cm³/mol. The lowest BCUT2D eigenvalue weighted by molar-refractivity contribution is -0.137. The van der Waals surface area contributed by atoms with Gasteiger partial charge < -0.3 is 14.6 Å². The molecule has 0 saturated heterocycles. The number of nitrogens with zero attached hydrogens (tertiary/aromatic N) is 4. The van der Waals surface area contributed by atoms with Crippen LogP contribution in [0.5, 0.6) is 5.75 Å². The third-order valence-electron chi connectivity index (χ3n) is 7.07. The maximum absolute atomic E-state index is 13.0. The average molecular weight is 530 g/mol. The van der Waals surface area contributed by atoms with Crippen molar-refractivity contribution in [1.82, 2.24) is 19.9 Å². The van der Waals surface area contributed by atoms with Gasteiger partial charge in [-0.2, -0.15) is 13.2 Å². The number of benzene rings is 3. The first-order valence-corrected chi connectivity index (χ1v) is 12.7. The first-order chi connectivity index (χ1) is 18.7. The summed E-state index contributed by atoms with van der Waals surface area (Å²) < 4.78 is 45.2. The summed E-state index contributed by atoms with van der Waals surface area (Å²) in [7, 11) is 0. The second-order valence-corrected chi connectivity index (χ2v) is 9.78. The highest BCUT2D eigenvalue weighted by atomic mass is 19.4. The van der Waals surface area contributed by atoms with Gasteiger partial charge in [0.05, 0.1) is 23.1 Å². The van der Waals surface area contributed by atoms with Crippen molar-refractivity contribution in [3.63, 3.8) is 0 Å². The predicted octanol–water partition coefficient (Wildman–Crippen LogP) is 6.65.